The molecular formula is C27H25ClFN2O5PS. The predicted octanol–water partition coefficient (Wildman–Crippen LogP) is 5.39. The summed E-state index contributed by atoms with van der Waals surface area (Å²) in [6.07, 6.45) is 0.447. The van der Waals surface area contributed by atoms with Crippen molar-refractivity contribution in [3.63, 3.8) is 0 Å². The summed E-state index contributed by atoms with van der Waals surface area (Å²) in [5, 5.41) is 10.6. The number of nitrogens with zero attached hydrogens (tertiary/aromatic N) is 2. The number of aromatic nitrogens is 1. The number of ether oxygens (including phenoxy) is 1. The zero-order valence-electron chi connectivity index (χ0n) is 20.9. The maximum atomic E-state index is 14.3. The van der Waals surface area contributed by atoms with Crippen LogP contribution in [-0.4, -0.2) is 39.0 Å². The summed E-state index contributed by atoms with van der Waals surface area (Å²) in [5.74, 6) is -0.646. The molecule has 0 N–H and O–H groups in total. The minimum atomic E-state index is -4.18. The van der Waals surface area contributed by atoms with E-state index in [0.29, 0.717) is 22.0 Å². The number of hydrogen-bond donors (Lipinski definition) is 0. The number of benzene rings is 3. The van der Waals surface area contributed by atoms with Crippen molar-refractivity contribution in [1.82, 2.24) is 3.97 Å². The molecule has 1 aromatic heterocycles. The van der Waals surface area contributed by atoms with E-state index in [-0.39, 0.29) is 33.6 Å². The van der Waals surface area contributed by atoms with Gasteiger partial charge >= 0.3 is 0 Å². The Bertz CT molecular complexity index is 1580. The zero-order chi connectivity index (χ0) is 27.9. The van der Waals surface area contributed by atoms with E-state index >= 15 is 0 Å². The monoisotopic (exact) mass is 574 g/mol. The first kappa shape index (κ1) is 29.4. The maximum absolute atomic E-state index is 14.3. The van der Waals surface area contributed by atoms with Crippen LogP contribution in [0.1, 0.15) is 29.9 Å². The number of fused-ring (bicyclic) bond motifs is 1. The highest BCUT2D eigenvalue weighted by molar-refractivity contribution is 7.90. The third-order valence-corrected chi connectivity index (χ3v) is 9.38. The van der Waals surface area contributed by atoms with Gasteiger partial charge in [0.1, 0.15) is 11.5 Å². The van der Waals surface area contributed by atoms with Crippen molar-refractivity contribution >= 4 is 57.6 Å². The number of rotatable bonds is 8. The van der Waals surface area contributed by atoms with E-state index in [4.69, 9.17) is 16.1 Å². The highest BCUT2D eigenvalue weighted by atomic mass is 35.5. The molecule has 0 aliphatic rings. The summed E-state index contributed by atoms with van der Waals surface area (Å²) in [5.41, 5.74) is 0.159. The van der Waals surface area contributed by atoms with Gasteiger partial charge in [-0.1, -0.05) is 29.8 Å². The van der Waals surface area contributed by atoms with E-state index in [1.54, 1.807) is 38.3 Å². The van der Waals surface area contributed by atoms with Gasteiger partial charge < -0.3 is 9.26 Å². The van der Waals surface area contributed by atoms with Crippen LogP contribution in [-0.2, 0) is 19.3 Å². The normalized spacial score (nSPS) is 11.9. The molecule has 0 saturated heterocycles. The number of nitriles is 1. The van der Waals surface area contributed by atoms with Gasteiger partial charge in [-0.15, -0.1) is 0 Å². The zero-order valence-corrected chi connectivity index (χ0v) is 23.4. The van der Waals surface area contributed by atoms with Gasteiger partial charge in [0, 0.05) is 41.3 Å². The summed E-state index contributed by atoms with van der Waals surface area (Å²) in [7, 11) is -4.39. The van der Waals surface area contributed by atoms with E-state index in [2.05, 4.69) is 4.74 Å². The molecule has 0 spiro atoms. The Morgan fingerprint density at radius 1 is 1.08 bits per heavy atom. The van der Waals surface area contributed by atoms with Crippen molar-refractivity contribution < 1.29 is 26.9 Å². The number of methoxy groups -OCH3 is 1. The third-order valence-electron chi connectivity index (χ3n) is 5.28. The van der Waals surface area contributed by atoms with Crippen molar-refractivity contribution in [2.75, 3.05) is 20.3 Å². The van der Waals surface area contributed by atoms with Gasteiger partial charge in [0.15, 0.2) is 6.29 Å². The first-order chi connectivity index (χ1) is 18.2. The molecule has 4 rings (SSSR count). The van der Waals surface area contributed by atoms with Crippen molar-refractivity contribution in [3.8, 4) is 6.07 Å². The van der Waals surface area contributed by atoms with Gasteiger partial charge in [0.25, 0.3) is 10.0 Å². The van der Waals surface area contributed by atoms with Crippen LogP contribution in [0.15, 0.2) is 71.6 Å². The molecule has 1 unspecified atom stereocenters. The van der Waals surface area contributed by atoms with Crippen LogP contribution < -0.4 is 10.6 Å². The van der Waals surface area contributed by atoms with Crippen molar-refractivity contribution in [2.24, 2.45) is 0 Å². The summed E-state index contributed by atoms with van der Waals surface area (Å²) in [6.45, 7) is 4.70. The standard InChI is InChI=1S/C24H17ClFN2O4PS.C3H8O/c1-2-32-33(19-11-16(14-27)10-18(26)13-19)24-21-12-17(25)8-9-22(21)28(23(24)15-29)34(30,31)20-6-4-3-5-7-20;1-3-4-2/h3-13,15H,2H2,1H3;3H2,1-2H3. The Hall–Kier alpha value is -3.12. The quantitative estimate of drug-likeness (QED) is 0.207. The molecule has 4 aromatic rings. The minimum absolute atomic E-state index is 0.00485. The molecule has 0 aliphatic heterocycles. The average molecular weight is 575 g/mol. The third kappa shape index (κ3) is 6.12. The van der Waals surface area contributed by atoms with Crippen molar-refractivity contribution in [3.05, 3.63) is 88.8 Å². The molecule has 3 aromatic carbocycles. The molecule has 0 fully saturated rings. The fourth-order valence-corrected chi connectivity index (χ4v) is 7.48. The van der Waals surface area contributed by atoms with Gasteiger partial charge in [-0.05, 0) is 62.4 Å². The van der Waals surface area contributed by atoms with Crippen LogP contribution in [0.3, 0.4) is 0 Å². The molecule has 0 aliphatic carbocycles. The molecule has 1 heterocycles. The fourth-order valence-electron chi connectivity index (χ4n) is 3.67. The number of carbonyl (C=O) groups is 1. The summed E-state index contributed by atoms with van der Waals surface area (Å²) < 4.78 is 53.1. The van der Waals surface area contributed by atoms with Gasteiger partial charge in [-0.3, -0.25) is 4.79 Å². The Balaban J connectivity index is 0.000000934. The second-order valence-corrected chi connectivity index (χ2v) is 11.7. The number of halogens is 2. The topological polar surface area (TPSA) is 98.4 Å². The highest BCUT2D eigenvalue weighted by Gasteiger charge is 2.32. The lowest BCUT2D eigenvalue weighted by atomic mass is 10.2. The summed E-state index contributed by atoms with van der Waals surface area (Å²) >= 11 is 6.24. The largest absolute Gasteiger partial charge is 0.385 e. The van der Waals surface area contributed by atoms with E-state index in [0.717, 1.165) is 16.6 Å². The molecule has 0 radical (unpaired) electrons. The first-order valence-electron chi connectivity index (χ1n) is 11.5. The van der Waals surface area contributed by atoms with Crippen LogP contribution in [0.4, 0.5) is 4.39 Å². The molecule has 11 heteroatoms. The van der Waals surface area contributed by atoms with Gasteiger partial charge in [-0.2, -0.15) is 5.26 Å². The second kappa shape index (κ2) is 13.1. The van der Waals surface area contributed by atoms with Crippen LogP contribution in [0.25, 0.3) is 10.9 Å². The lowest BCUT2D eigenvalue weighted by molar-refractivity contribution is 0.111. The van der Waals surface area contributed by atoms with E-state index in [1.807, 2.05) is 13.0 Å². The minimum Gasteiger partial charge on any atom is -0.385 e. The maximum Gasteiger partial charge on any atom is 0.268 e. The van der Waals surface area contributed by atoms with E-state index < -0.39 is 24.0 Å². The summed E-state index contributed by atoms with van der Waals surface area (Å²) in [4.78, 5) is 12.4. The van der Waals surface area contributed by atoms with Gasteiger partial charge in [-0.25, -0.2) is 16.8 Å². The molecule has 0 bridgehead atoms. The Kier molecular flexibility index (Phi) is 10.1. The lowest BCUT2D eigenvalue weighted by Gasteiger charge is -2.18. The van der Waals surface area contributed by atoms with Gasteiger partial charge in [0.2, 0.25) is 0 Å². The van der Waals surface area contributed by atoms with Crippen LogP contribution in [0, 0.1) is 17.1 Å². The second-order valence-electron chi connectivity index (χ2n) is 7.70. The van der Waals surface area contributed by atoms with Gasteiger partial charge in [0.05, 0.1) is 30.2 Å². The van der Waals surface area contributed by atoms with E-state index in [9.17, 15) is 22.9 Å². The number of carbonyl (C=O) groups excluding carboxylic acids is 1. The smallest absolute Gasteiger partial charge is 0.268 e. The molecule has 7 nitrogen and oxygen atoms in total. The molecule has 0 amide bonds. The predicted molar refractivity (Wildman–Crippen MR) is 148 cm³/mol. The Morgan fingerprint density at radius 2 is 1.76 bits per heavy atom. The molecule has 198 valence electrons. The lowest BCUT2D eigenvalue weighted by Crippen LogP contribution is -2.22. The SMILES string of the molecule is CCOC.CCOP(c1cc(F)cc(C#N)c1)c1c(C=O)n(S(=O)(=O)c2ccccc2)c2ccc(Cl)cc12. The van der Waals surface area contributed by atoms with Crippen molar-refractivity contribution in [1.29, 1.82) is 5.26 Å². The highest BCUT2D eigenvalue weighted by Crippen LogP contribution is 2.41. The molecule has 38 heavy (non-hydrogen) atoms. The fraction of sp³-hybridized carbons (Fsp3) is 0.185. The number of hydrogen-bond acceptors (Lipinski definition) is 6. The number of aldehydes is 1. The van der Waals surface area contributed by atoms with Crippen LogP contribution in [0.2, 0.25) is 5.02 Å². The molecule has 1 atom stereocenters. The first-order valence-corrected chi connectivity index (χ1v) is 14.5. The van der Waals surface area contributed by atoms with E-state index in [1.165, 1.54) is 36.4 Å². The summed E-state index contributed by atoms with van der Waals surface area (Å²) in [6, 6.07) is 18.0. The Morgan fingerprint density at radius 3 is 2.34 bits per heavy atom. The van der Waals surface area contributed by atoms with Crippen LogP contribution in [0.5, 0.6) is 0 Å². The Labute approximate surface area is 227 Å². The molecule has 0 saturated carbocycles. The molecular weight excluding hydrogens is 550 g/mol. The van der Waals surface area contributed by atoms with Crippen molar-refractivity contribution in [2.45, 2.75) is 18.7 Å². The van der Waals surface area contributed by atoms with Crippen LogP contribution >= 0.6 is 19.7 Å². The average Bonchev–Trinajstić information content (AvgIpc) is 3.25.